The molecule has 2 aliphatic rings. The second kappa shape index (κ2) is 2.71. The van der Waals surface area contributed by atoms with Gasteiger partial charge in [-0.15, -0.1) is 0 Å². The minimum atomic E-state index is -0.428. The van der Waals surface area contributed by atoms with Crippen LogP contribution in [0.4, 0.5) is 0 Å². The Bertz CT molecular complexity index is 196. The van der Waals surface area contributed by atoms with Crippen molar-refractivity contribution < 1.29 is 4.79 Å². The molecule has 4 heteroatoms. The van der Waals surface area contributed by atoms with Crippen LogP contribution in [-0.4, -0.2) is 31.1 Å². The molecule has 0 bridgehead atoms. The van der Waals surface area contributed by atoms with Crippen molar-refractivity contribution in [2.75, 3.05) is 19.6 Å². The number of amides is 1. The summed E-state index contributed by atoms with van der Waals surface area (Å²) in [6.45, 7) is 2.33. The van der Waals surface area contributed by atoms with Gasteiger partial charge in [0, 0.05) is 13.1 Å². The van der Waals surface area contributed by atoms with Gasteiger partial charge in [0.05, 0.1) is 0 Å². The van der Waals surface area contributed by atoms with Crippen molar-refractivity contribution in [2.45, 2.75) is 18.4 Å². The summed E-state index contributed by atoms with van der Waals surface area (Å²) < 4.78 is 0. The van der Waals surface area contributed by atoms with E-state index >= 15 is 0 Å². The molecule has 68 valence electrons. The average Bonchev–Trinajstić information content (AvgIpc) is 2.67. The Balaban J connectivity index is 1.84. The number of rotatable bonds is 4. The summed E-state index contributed by atoms with van der Waals surface area (Å²) >= 11 is 0. The van der Waals surface area contributed by atoms with E-state index < -0.39 is 5.54 Å². The first-order valence-electron chi connectivity index (χ1n) is 4.49. The van der Waals surface area contributed by atoms with Gasteiger partial charge in [0.15, 0.2) is 0 Å². The standard InChI is InChI=1S/C8H15N3O/c9-7(12)8(4-10-5-8)11-3-6-1-2-6/h6,10-11H,1-5H2,(H2,9,12). The van der Waals surface area contributed by atoms with E-state index in [2.05, 4.69) is 10.6 Å². The fourth-order valence-electron chi connectivity index (χ4n) is 1.42. The Morgan fingerprint density at radius 1 is 1.58 bits per heavy atom. The van der Waals surface area contributed by atoms with Crippen LogP contribution in [0.15, 0.2) is 0 Å². The lowest BCUT2D eigenvalue weighted by Crippen LogP contribution is -2.74. The van der Waals surface area contributed by atoms with Crippen LogP contribution < -0.4 is 16.4 Å². The zero-order valence-corrected chi connectivity index (χ0v) is 7.10. The number of nitrogens with two attached hydrogens (primary N) is 1. The zero-order chi connectivity index (χ0) is 8.60. The number of nitrogens with one attached hydrogen (secondary N) is 2. The van der Waals surface area contributed by atoms with Gasteiger partial charge in [-0.3, -0.25) is 4.79 Å². The Labute approximate surface area is 71.9 Å². The largest absolute Gasteiger partial charge is 0.368 e. The lowest BCUT2D eigenvalue weighted by atomic mass is 9.91. The van der Waals surface area contributed by atoms with Gasteiger partial charge in [-0.1, -0.05) is 0 Å². The van der Waals surface area contributed by atoms with Gasteiger partial charge in [-0.2, -0.15) is 0 Å². The second-order valence-corrected chi connectivity index (χ2v) is 3.87. The van der Waals surface area contributed by atoms with E-state index in [1.807, 2.05) is 0 Å². The quantitative estimate of drug-likeness (QED) is 0.496. The predicted octanol–water partition coefficient (Wildman–Crippen LogP) is -1.19. The number of carbonyl (C=O) groups excluding carboxylic acids is 1. The van der Waals surface area contributed by atoms with Crippen molar-refractivity contribution >= 4 is 5.91 Å². The highest BCUT2D eigenvalue weighted by Crippen LogP contribution is 2.28. The third-order valence-corrected chi connectivity index (χ3v) is 2.75. The van der Waals surface area contributed by atoms with E-state index in [0.717, 1.165) is 12.5 Å². The number of hydrogen-bond acceptors (Lipinski definition) is 3. The Kier molecular flexibility index (Phi) is 1.81. The molecule has 0 spiro atoms. The molecule has 2 fully saturated rings. The van der Waals surface area contributed by atoms with Crippen molar-refractivity contribution in [3.05, 3.63) is 0 Å². The highest BCUT2D eigenvalue weighted by Gasteiger charge is 2.43. The van der Waals surface area contributed by atoms with E-state index in [9.17, 15) is 4.79 Å². The summed E-state index contributed by atoms with van der Waals surface area (Å²) in [6, 6.07) is 0. The molecule has 0 unspecified atom stereocenters. The smallest absolute Gasteiger partial charge is 0.240 e. The van der Waals surface area contributed by atoms with Crippen LogP contribution in [0.2, 0.25) is 0 Å². The van der Waals surface area contributed by atoms with Gasteiger partial charge in [0.2, 0.25) is 5.91 Å². The molecule has 4 nitrogen and oxygen atoms in total. The Hall–Kier alpha value is -0.610. The molecule has 0 aromatic carbocycles. The van der Waals surface area contributed by atoms with E-state index in [0.29, 0.717) is 13.1 Å². The van der Waals surface area contributed by atoms with Crippen LogP contribution in [0.3, 0.4) is 0 Å². The zero-order valence-electron chi connectivity index (χ0n) is 7.10. The second-order valence-electron chi connectivity index (χ2n) is 3.87. The van der Waals surface area contributed by atoms with Crippen LogP contribution in [0.5, 0.6) is 0 Å². The van der Waals surface area contributed by atoms with Crippen molar-refractivity contribution in [3.8, 4) is 0 Å². The molecule has 1 aliphatic carbocycles. The van der Waals surface area contributed by atoms with Gasteiger partial charge >= 0.3 is 0 Å². The average molecular weight is 169 g/mol. The van der Waals surface area contributed by atoms with E-state index in [1.165, 1.54) is 12.8 Å². The molecular weight excluding hydrogens is 154 g/mol. The molecule has 1 aliphatic heterocycles. The maximum absolute atomic E-state index is 11.1. The predicted molar refractivity (Wildman–Crippen MR) is 45.5 cm³/mol. The first kappa shape index (κ1) is 8.01. The first-order chi connectivity index (χ1) is 5.73. The maximum atomic E-state index is 11.1. The molecule has 4 N–H and O–H groups in total. The van der Waals surface area contributed by atoms with Crippen LogP contribution >= 0.6 is 0 Å². The van der Waals surface area contributed by atoms with Crippen LogP contribution in [0, 0.1) is 5.92 Å². The lowest BCUT2D eigenvalue weighted by Gasteiger charge is -2.40. The minimum Gasteiger partial charge on any atom is -0.368 e. The highest BCUT2D eigenvalue weighted by molar-refractivity contribution is 5.86. The molecule has 1 saturated carbocycles. The molecule has 0 atom stereocenters. The lowest BCUT2D eigenvalue weighted by molar-refractivity contribution is -0.126. The van der Waals surface area contributed by atoms with E-state index in [1.54, 1.807) is 0 Å². The Morgan fingerprint density at radius 3 is 2.58 bits per heavy atom. The summed E-state index contributed by atoms with van der Waals surface area (Å²) in [7, 11) is 0. The topological polar surface area (TPSA) is 67.2 Å². The SMILES string of the molecule is NC(=O)C1(NCC2CC2)CNC1. The van der Waals surface area contributed by atoms with Gasteiger partial charge in [0.25, 0.3) is 0 Å². The highest BCUT2D eigenvalue weighted by atomic mass is 16.1. The van der Waals surface area contributed by atoms with Gasteiger partial charge in [-0.05, 0) is 25.3 Å². The third kappa shape index (κ3) is 1.32. The summed E-state index contributed by atoms with van der Waals surface area (Å²) in [4.78, 5) is 11.1. The monoisotopic (exact) mass is 169 g/mol. The third-order valence-electron chi connectivity index (χ3n) is 2.75. The minimum absolute atomic E-state index is 0.220. The van der Waals surface area contributed by atoms with Gasteiger partial charge in [0.1, 0.15) is 5.54 Å². The molecule has 1 amide bonds. The molecule has 1 heterocycles. The first-order valence-corrected chi connectivity index (χ1v) is 4.49. The molecule has 0 aromatic heterocycles. The van der Waals surface area contributed by atoms with Crippen LogP contribution in [0.25, 0.3) is 0 Å². The van der Waals surface area contributed by atoms with Crippen LogP contribution in [-0.2, 0) is 4.79 Å². The van der Waals surface area contributed by atoms with Crippen molar-refractivity contribution in [3.63, 3.8) is 0 Å². The van der Waals surface area contributed by atoms with Gasteiger partial charge in [-0.25, -0.2) is 0 Å². The molecular formula is C8H15N3O. The van der Waals surface area contributed by atoms with Crippen LogP contribution in [0.1, 0.15) is 12.8 Å². The number of carbonyl (C=O) groups is 1. The number of primary amides is 1. The summed E-state index contributed by atoms with van der Waals surface area (Å²) in [5.74, 6) is 0.573. The summed E-state index contributed by atoms with van der Waals surface area (Å²) in [5, 5.41) is 6.32. The fraction of sp³-hybridized carbons (Fsp3) is 0.875. The van der Waals surface area contributed by atoms with Crippen molar-refractivity contribution in [1.82, 2.24) is 10.6 Å². The van der Waals surface area contributed by atoms with E-state index in [4.69, 9.17) is 5.73 Å². The molecule has 1 saturated heterocycles. The number of hydrogen-bond donors (Lipinski definition) is 3. The van der Waals surface area contributed by atoms with Crippen molar-refractivity contribution in [2.24, 2.45) is 11.7 Å². The molecule has 12 heavy (non-hydrogen) atoms. The van der Waals surface area contributed by atoms with Crippen molar-refractivity contribution in [1.29, 1.82) is 0 Å². The molecule has 0 aromatic rings. The Morgan fingerprint density at radius 2 is 2.25 bits per heavy atom. The maximum Gasteiger partial charge on any atom is 0.240 e. The molecule has 0 radical (unpaired) electrons. The van der Waals surface area contributed by atoms with E-state index in [-0.39, 0.29) is 5.91 Å². The summed E-state index contributed by atoms with van der Waals surface area (Å²) in [5.41, 5.74) is 4.87. The normalized spacial score (nSPS) is 26.3. The fourth-order valence-corrected chi connectivity index (χ4v) is 1.42. The van der Waals surface area contributed by atoms with Gasteiger partial charge < -0.3 is 16.4 Å². The molecule has 2 rings (SSSR count). The summed E-state index contributed by atoms with van der Waals surface area (Å²) in [6.07, 6.45) is 2.60.